The van der Waals surface area contributed by atoms with Gasteiger partial charge in [0.2, 0.25) is 0 Å². The van der Waals surface area contributed by atoms with Crippen LogP contribution in [0, 0.1) is 0 Å². The number of rotatable bonds is 9. The topological polar surface area (TPSA) is 49.7 Å². The van der Waals surface area contributed by atoms with Gasteiger partial charge in [0.1, 0.15) is 11.4 Å². The smallest absolute Gasteiger partial charge is 0.123 e. The number of benzene rings is 3. The molecule has 0 atom stereocenters. The molecule has 3 rings (SSSR count). The van der Waals surface area contributed by atoms with Crippen LogP contribution in [0.5, 0.6) is 5.75 Å². The minimum Gasteiger partial charge on any atom is -0.508 e. The first kappa shape index (κ1) is 40.4. The average Bonchev–Trinajstić information content (AvgIpc) is 2.96. The van der Waals surface area contributed by atoms with Crippen molar-refractivity contribution in [2.75, 3.05) is 0 Å². The van der Waals surface area contributed by atoms with Crippen molar-refractivity contribution in [3.05, 3.63) is 99.1 Å². The first-order valence-electron chi connectivity index (χ1n) is 17.2. The van der Waals surface area contributed by atoms with Crippen molar-refractivity contribution >= 4 is 0 Å². The fraction of sp³-hybridized carbons (Fsp3) is 0.571. The lowest BCUT2D eigenvalue weighted by molar-refractivity contribution is -0.318. The molecule has 0 aliphatic rings. The summed E-state index contributed by atoms with van der Waals surface area (Å²) in [5, 5.41) is 18.5. The molecule has 252 valence electrons. The molecule has 2 N–H and O–H groups in total. The predicted molar refractivity (Wildman–Crippen MR) is 196 cm³/mol. The Hall–Kier alpha value is -2.62. The molecule has 0 amide bonds. The molecule has 0 fully saturated rings. The molecule has 0 saturated carbocycles. The highest BCUT2D eigenvalue weighted by atomic mass is 17.1. The van der Waals surface area contributed by atoms with Crippen LogP contribution in [0.25, 0.3) is 0 Å². The summed E-state index contributed by atoms with van der Waals surface area (Å²) in [6.07, 6.45) is 0. The Kier molecular flexibility index (Phi) is 16.1. The van der Waals surface area contributed by atoms with Crippen LogP contribution in [0.15, 0.2) is 54.6 Å². The van der Waals surface area contributed by atoms with Gasteiger partial charge in [0.05, 0.1) is 0 Å². The molecule has 0 heterocycles. The summed E-state index contributed by atoms with van der Waals surface area (Å²) in [6.45, 7) is 34.6. The van der Waals surface area contributed by atoms with E-state index in [2.05, 4.69) is 144 Å². The SMILES string of the molecule is CC(C)c1cc(C(C)C)cc(C(C)(C)OO)c1.CC(C)c1cc(C(C)C)cc(C(C)C)c1.CC(C)c1cc(O)cc(C(C)C)c1. The fourth-order valence-electron chi connectivity index (χ4n) is 4.77. The van der Waals surface area contributed by atoms with E-state index in [9.17, 15) is 5.11 Å². The lowest BCUT2D eigenvalue weighted by atomic mass is 9.88. The zero-order valence-corrected chi connectivity index (χ0v) is 31.5. The second-order valence-electron chi connectivity index (χ2n) is 15.4. The van der Waals surface area contributed by atoms with Crippen LogP contribution in [0.4, 0.5) is 0 Å². The average molecular weight is 619 g/mol. The second-order valence-corrected chi connectivity index (χ2v) is 15.4. The molecule has 3 aromatic carbocycles. The van der Waals surface area contributed by atoms with E-state index >= 15 is 0 Å². The van der Waals surface area contributed by atoms with Gasteiger partial charge in [-0.2, -0.15) is 0 Å². The molecule has 3 nitrogen and oxygen atoms in total. The maximum atomic E-state index is 9.49. The summed E-state index contributed by atoms with van der Waals surface area (Å²) in [5.74, 6) is 4.16. The third kappa shape index (κ3) is 13.0. The van der Waals surface area contributed by atoms with Crippen molar-refractivity contribution in [3.63, 3.8) is 0 Å². The van der Waals surface area contributed by atoms with Crippen LogP contribution >= 0.6 is 0 Å². The van der Waals surface area contributed by atoms with Gasteiger partial charge < -0.3 is 5.11 Å². The molecule has 0 aliphatic heterocycles. The molecule has 0 saturated heterocycles. The van der Waals surface area contributed by atoms with Crippen molar-refractivity contribution in [3.8, 4) is 5.75 Å². The van der Waals surface area contributed by atoms with E-state index in [0.29, 0.717) is 47.2 Å². The first-order valence-corrected chi connectivity index (χ1v) is 17.2. The third-order valence-electron chi connectivity index (χ3n) is 8.53. The van der Waals surface area contributed by atoms with Crippen LogP contribution in [-0.2, 0) is 10.5 Å². The van der Waals surface area contributed by atoms with Crippen molar-refractivity contribution < 1.29 is 15.3 Å². The molecule has 3 heteroatoms. The minimum atomic E-state index is -0.658. The Morgan fingerprint density at radius 1 is 0.400 bits per heavy atom. The summed E-state index contributed by atoms with van der Waals surface area (Å²) in [7, 11) is 0. The molecule has 0 unspecified atom stereocenters. The van der Waals surface area contributed by atoms with E-state index in [0.717, 1.165) is 5.56 Å². The largest absolute Gasteiger partial charge is 0.508 e. The van der Waals surface area contributed by atoms with Gasteiger partial charge in [-0.3, -0.25) is 5.26 Å². The Morgan fingerprint density at radius 3 is 0.800 bits per heavy atom. The maximum absolute atomic E-state index is 9.49. The normalized spacial score (nSPS) is 11.9. The maximum Gasteiger partial charge on any atom is 0.123 e. The van der Waals surface area contributed by atoms with E-state index in [4.69, 9.17) is 5.26 Å². The van der Waals surface area contributed by atoms with Gasteiger partial charge in [0.15, 0.2) is 0 Å². The van der Waals surface area contributed by atoms with Gasteiger partial charge in [0.25, 0.3) is 0 Å². The molecule has 45 heavy (non-hydrogen) atoms. The Bertz CT molecular complexity index is 1190. The summed E-state index contributed by atoms with van der Waals surface area (Å²) in [5.41, 5.74) is 9.80. The van der Waals surface area contributed by atoms with E-state index in [1.165, 1.54) is 38.9 Å². The number of hydrogen-bond acceptors (Lipinski definition) is 3. The number of phenols is 1. The molecule has 0 spiro atoms. The summed E-state index contributed by atoms with van der Waals surface area (Å²) < 4.78 is 0. The highest BCUT2D eigenvalue weighted by Gasteiger charge is 2.23. The Labute approximate surface area is 277 Å². The summed E-state index contributed by atoms with van der Waals surface area (Å²) in [6, 6.07) is 19.4. The molecule has 0 bridgehead atoms. The predicted octanol–water partition coefficient (Wildman–Crippen LogP) is 13.4. The monoisotopic (exact) mass is 619 g/mol. The van der Waals surface area contributed by atoms with Crippen LogP contribution in [0.3, 0.4) is 0 Å². The lowest BCUT2D eigenvalue weighted by Crippen LogP contribution is -2.20. The molecule has 0 aromatic heterocycles. The third-order valence-corrected chi connectivity index (χ3v) is 8.53. The first-order chi connectivity index (χ1) is 20.7. The number of hydrogen-bond donors (Lipinski definition) is 2. The lowest BCUT2D eigenvalue weighted by Gasteiger charge is -2.24. The van der Waals surface area contributed by atoms with E-state index in [1.807, 2.05) is 26.0 Å². The van der Waals surface area contributed by atoms with Crippen LogP contribution < -0.4 is 0 Å². The molecular weight excluding hydrogens is 552 g/mol. The zero-order valence-electron chi connectivity index (χ0n) is 31.5. The Morgan fingerprint density at radius 2 is 0.600 bits per heavy atom. The number of aromatic hydroxyl groups is 1. The molecular formula is C42H66O3. The van der Waals surface area contributed by atoms with Gasteiger partial charge in [-0.1, -0.05) is 139 Å². The van der Waals surface area contributed by atoms with Gasteiger partial charge in [-0.25, -0.2) is 4.89 Å². The Balaban J connectivity index is 0.000000341. The highest BCUT2D eigenvalue weighted by Crippen LogP contribution is 2.31. The second kappa shape index (κ2) is 17.9. The minimum absolute atomic E-state index is 0.384. The van der Waals surface area contributed by atoms with Crippen molar-refractivity contribution in [1.29, 1.82) is 0 Å². The zero-order chi connectivity index (χ0) is 34.8. The van der Waals surface area contributed by atoms with Crippen LogP contribution in [0.2, 0.25) is 0 Å². The van der Waals surface area contributed by atoms with Crippen LogP contribution in [0.1, 0.15) is 197 Å². The van der Waals surface area contributed by atoms with Crippen LogP contribution in [-0.4, -0.2) is 10.4 Å². The molecule has 3 aromatic rings. The fourth-order valence-corrected chi connectivity index (χ4v) is 4.77. The van der Waals surface area contributed by atoms with Crippen molar-refractivity contribution in [2.24, 2.45) is 0 Å². The summed E-state index contributed by atoms with van der Waals surface area (Å²) in [4.78, 5) is 4.59. The van der Waals surface area contributed by atoms with Gasteiger partial charge in [-0.15, -0.1) is 0 Å². The standard InChI is InChI=1S/C15H24O2.C15H24.C12H18O/c1-10(2)12-7-13(11(3)4)9-14(8-12)15(5,6)17-16;1-10(2)13-7-14(11(3)4)9-15(8-13)12(5)6;1-8(2)10-5-11(9(3)4)7-12(13)6-10/h7-11,16H,1-6H3;7-12H,1-6H3;5-9,13H,1-4H3. The number of phenolic OH excluding ortho intramolecular Hbond substituents is 1. The van der Waals surface area contributed by atoms with E-state index in [-0.39, 0.29) is 0 Å². The van der Waals surface area contributed by atoms with Gasteiger partial charge >= 0.3 is 0 Å². The highest BCUT2D eigenvalue weighted by molar-refractivity contribution is 5.38. The van der Waals surface area contributed by atoms with Crippen molar-refractivity contribution in [2.45, 2.75) is 158 Å². The quantitative estimate of drug-likeness (QED) is 0.185. The van der Waals surface area contributed by atoms with Gasteiger partial charge in [-0.05, 0) is 112 Å². The van der Waals surface area contributed by atoms with E-state index in [1.54, 1.807) is 0 Å². The summed E-state index contributed by atoms with van der Waals surface area (Å²) >= 11 is 0. The molecule has 0 radical (unpaired) electrons. The molecule has 0 aliphatic carbocycles. The van der Waals surface area contributed by atoms with E-state index < -0.39 is 5.60 Å². The van der Waals surface area contributed by atoms with Gasteiger partial charge in [0, 0.05) is 0 Å². The van der Waals surface area contributed by atoms with Crippen molar-refractivity contribution in [1.82, 2.24) is 0 Å².